The number of halogens is 1. The molecule has 1 amide bonds. The Morgan fingerprint density at radius 2 is 2.04 bits per heavy atom. The van der Waals surface area contributed by atoms with E-state index in [1.54, 1.807) is 25.1 Å². The van der Waals surface area contributed by atoms with Gasteiger partial charge >= 0.3 is 0 Å². The molecule has 1 atom stereocenters. The summed E-state index contributed by atoms with van der Waals surface area (Å²) in [6.07, 6.45) is 2.29. The van der Waals surface area contributed by atoms with E-state index in [0.717, 1.165) is 5.56 Å². The highest BCUT2D eigenvalue weighted by molar-refractivity contribution is 5.91. The minimum absolute atomic E-state index is 0.187. The summed E-state index contributed by atoms with van der Waals surface area (Å²) in [4.78, 5) is 14.1. The van der Waals surface area contributed by atoms with Crippen LogP contribution in [0.2, 0.25) is 0 Å². The molecular formula is C21H24FNO3. The minimum atomic E-state index is -0.666. The average Bonchev–Trinajstić information content (AvgIpc) is 2.60. The van der Waals surface area contributed by atoms with E-state index in [0.29, 0.717) is 24.5 Å². The van der Waals surface area contributed by atoms with Gasteiger partial charge in [0.15, 0.2) is 0 Å². The molecule has 138 valence electrons. The normalized spacial score (nSPS) is 12.2. The molecule has 0 aromatic heterocycles. The predicted octanol–water partition coefficient (Wildman–Crippen LogP) is 3.65. The molecule has 1 N–H and O–H groups in total. The van der Waals surface area contributed by atoms with Crippen molar-refractivity contribution in [3.8, 4) is 5.75 Å². The van der Waals surface area contributed by atoms with E-state index in [4.69, 9.17) is 4.74 Å². The Bertz CT molecular complexity index is 758. The predicted molar refractivity (Wildman–Crippen MR) is 100 cm³/mol. The number of amides is 1. The SMILES string of the molecule is CCOc1ccccc1CN(CC(C)O)C(=O)/C=C/c1cccc(F)c1. The molecule has 0 heterocycles. The quantitative estimate of drug-likeness (QED) is 0.734. The summed E-state index contributed by atoms with van der Waals surface area (Å²) in [5.74, 6) is 0.0973. The first-order chi connectivity index (χ1) is 12.5. The molecule has 0 saturated heterocycles. The number of nitrogens with zero attached hydrogens (tertiary/aromatic N) is 1. The van der Waals surface area contributed by atoms with Gasteiger partial charge in [0.2, 0.25) is 5.91 Å². The number of para-hydroxylation sites is 1. The van der Waals surface area contributed by atoms with E-state index in [2.05, 4.69) is 0 Å². The number of carbonyl (C=O) groups is 1. The summed E-state index contributed by atoms with van der Waals surface area (Å²) >= 11 is 0. The summed E-state index contributed by atoms with van der Waals surface area (Å²) in [7, 11) is 0. The number of rotatable bonds is 8. The molecule has 2 rings (SSSR count). The van der Waals surface area contributed by atoms with Crippen LogP contribution in [0.15, 0.2) is 54.6 Å². The maximum absolute atomic E-state index is 13.3. The zero-order chi connectivity index (χ0) is 18.9. The molecule has 0 aliphatic heterocycles. The molecule has 0 bridgehead atoms. The van der Waals surface area contributed by atoms with Gasteiger partial charge in [-0.2, -0.15) is 0 Å². The van der Waals surface area contributed by atoms with E-state index in [-0.39, 0.29) is 18.3 Å². The zero-order valence-electron chi connectivity index (χ0n) is 15.1. The third-order valence-electron chi connectivity index (χ3n) is 3.70. The van der Waals surface area contributed by atoms with Crippen molar-refractivity contribution >= 4 is 12.0 Å². The largest absolute Gasteiger partial charge is 0.494 e. The first-order valence-electron chi connectivity index (χ1n) is 8.61. The van der Waals surface area contributed by atoms with Crippen LogP contribution in [0.4, 0.5) is 4.39 Å². The van der Waals surface area contributed by atoms with E-state index >= 15 is 0 Å². The van der Waals surface area contributed by atoms with Crippen molar-refractivity contribution < 1.29 is 19.0 Å². The van der Waals surface area contributed by atoms with Crippen LogP contribution in [-0.4, -0.2) is 35.2 Å². The second-order valence-electron chi connectivity index (χ2n) is 6.00. The third kappa shape index (κ3) is 6.01. The molecule has 0 aliphatic rings. The lowest BCUT2D eigenvalue weighted by Crippen LogP contribution is -2.35. The van der Waals surface area contributed by atoms with Crippen molar-refractivity contribution in [2.24, 2.45) is 0 Å². The lowest BCUT2D eigenvalue weighted by atomic mass is 10.1. The van der Waals surface area contributed by atoms with E-state index < -0.39 is 6.10 Å². The van der Waals surface area contributed by atoms with Crippen LogP contribution in [-0.2, 0) is 11.3 Å². The van der Waals surface area contributed by atoms with Crippen molar-refractivity contribution in [2.45, 2.75) is 26.5 Å². The van der Waals surface area contributed by atoms with Gasteiger partial charge in [0, 0.05) is 24.7 Å². The number of aliphatic hydroxyl groups excluding tert-OH is 1. The highest BCUT2D eigenvalue weighted by Crippen LogP contribution is 2.20. The average molecular weight is 357 g/mol. The Kier molecular flexibility index (Phi) is 7.36. The van der Waals surface area contributed by atoms with Crippen LogP contribution in [0.25, 0.3) is 6.08 Å². The first kappa shape index (κ1) is 19.7. The van der Waals surface area contributed by atoms with Gasteiger partial charge < -0.3 is 14.7 Å². The molecule has 0 fully saturated rings. The molecular weight excluding hydrogens is 333 g/mol. The molecule has 5 heteroatoms. The minimum Gasteiger partial charge on any atom is -0.494 e. The lowest BCUT2D eigenvalue weighted by molar-refractivity contribution is -0.127. The van der Waals surface area contributed by atoms with Gasteiger partial charge in [0.25, 0.3) is 0 Å². The summed E-state index contributed by atoms with van der Waals surface area (Å²) in [5.41, 5.74) is 1.47. The van der Waals surface area contributed by atoms with Crippen molar-refractivity contribution in [2.75, 3.05) is 13.2 Å². The van der Waals surface area contributed by atoms with Crippen LogP contribution >= 0.6 is 0 Å². The van der Waals surface area contributed by atoms with Crippen molar-refractivity contribution in [1.82, 2.24) is 4.90 Å². The van der Waals surface area contributed by atoms with Gasteiger partial charge in [-0.1, -0.05) is 30.3 Å². The number of carbonyl (C=O) groups excluding carboxylic acids is 1. The number of ether oxygens (including phenoxy) is 1. The fourth-order valence-corrected chi connectivity index (χ4v) is 2.57. The standard InChI is InChI=1S/C21H24FNO3/c1-3-26-20-10-5-4-8-18(20)15-23(14-16(2)24)21(25)12-11-17-7-6-9-19(22)13-17/h4-13,16,24H,3,14-15H2,1-2H3/b12-11+. The summed E-state index contributed by atoms with van der Waals surface area (Å²) in [6.45, 7) is 4.56. The van der Waals surface area contributed by atoms with Crippen LogP contribution in [0, 0.1) is 5.82 Å². The highest BCUT2D eigenvalue weighted by Gasteiger charge is 2.16. The third-order valence-corrected chi connectivity index (χ3v) is 3.70. The van der Waals surface area contributed by atoms with Gasteiger partial charge in [0.1, 0.15) is 11.6 Å². The smallest absolute Gasteiger partial charge is 0.246 e. The van der Waals surface area contributed by atoms with Gasteiger partial charge in [-0.25, -0.2) is 4.39 Å². The molecule has 2 aromatic carbocycles. The van der Waals surface area contributed by atoms with Gasteiger partial charge in [-0.15, -0.1) is 0 Å². The van der Waals surface area contributed by atoms with Crippen molar-refractivity contribution in [3.05, 3.63) is 71.6 Å². The van der Waals surface area contributed by atoms with E-state index in [1.807, 2.05) is 31.2 Å². The van der Waals surface area contributed by atoms with Gasteiger partial charge in [-0.3, -0.25) is 4.79 Å². The molecule has 0 saturated carbocycles. The fourth-order valence-electron chi connectivity index (χ4n) is 2.57. The Morgan fingerprint density at radius 1 is 1.27 bits per heavy atom. The van der Waals surface area contributed by atoms with Gasteiger partial charge in [-0.05, 0) is 43.7 Å². The lowest BCUT2D eigenvalue weighted by Gasteiger charge is -2.24. The highest BCUT2D eigenvalue weighted by atomic mass is 19.1. The first-order valence-corrected chi connectivity index (χ1v) is 8.61. The van der Waals surface area contributed by atoms with Crippen LogP contribution in [0.1, 0.15) is 25.0 Å². The summed E-state index contributed by atoms with van der Waals surface area (Å²) in [6, 6.07) is 13.5. The molecule has 26 heavy (non-hydrogen) atoms. The topological polar surface area (TPSA) is 49.8 Å². The van der Waals surface area contributed by atoms with Crippen LogP contribution in [0.5, 0.6) is 5.75 Å². The Morgan fingerprint density at radius 3 is 2.73 bits per heavy atom. The van der Waals surface area contributed by atoms with Crippen molar-refractivity contribution in [3.63, 3.8) is 0 Å². The van der Waals surface area contributed by atoms with Gasteiger partial charge in [0.05, 0.1) is 12.7 Å². The number of aliphatic hydroxyl groups is 1. The van der Waals surface area contributed by atoms with Crippen LogP contribution in [0.3, 0.4) is 0 Å². The van der Waals surface area contributed by atoms with E-state index in [1.165, 1.54) is 23.1 Å². The maximum Gasteiger partial charge on any atom is 0.246 e. The second kappa shape index (κ2) is 9.73. The molecule has 0 aliphatic carbocycles. The molecule has 1 unspecified atom stereocenters. The number of benzene rings is 2. The zero-order valence-corrected chi connectivity index (χ0v) is 15.1. The maximum atomic E-state index is 13.3. The molecule has 2 aromatic rings. The number of hydrogen-bond acceptors (Lipinski definition) is 3. The number of hydrogen-bond donors (Lipinski definition) is 1. The van der Waals surface area contributed by atoms with Crippen LogP contribution < -0.4 is 4.74 Å². The van der Waals surface area contributed by atoms with Crippen molar-refractivity contribution in [1.29, 1.82) is 0 Å². The Balaban J connectivity index is 2.17. The fraction of sp³-hybridized carbons (Fsp3) is 0.286. The summed E-state index contributed by atoms with van der Waals surface area (Å²) in [5, 5.41) is 9.75. The Hall–Kier alpha value is -2.66. The molecule has 0 radical (unpaired) electrons. The van der Waals surface area contributed by atoms with E-state index in [9.17, 15) is 14.3 Å². The second-order valence-corrected chi connectivity index (χ2v) is 6.00. The molecule has 4 nitrogen and oxygen atoms in total. The summed E-state index contributed by atoms with van der Waals surface area (Å²) < 4.78 is 18.9. The Labute approximate surface area is 153 Å². The monoisotopic (exact) mass is 357 g/mol. The molecule has 0 spiro atoms.